The third kappa shape index (κ3) is 22.7. The molecule has 10 aromatic carbocycles. The van der Waals surface area contributed by atoms with Crippen molar-refractivity contribution in [3.63, 3.8) is 0 Å². The quantitative estimate of drug-likeness (QED) is 0.0405. The number of carbonyl (C=O) groups excluding carboxylic acids is 1. The monoisotopic (exact) mass is 1710 g/mol. The molecule has 0 aromatic heterocycles. The van der Waals surface area contributed by atoms with Crippen LogP contribution in [0.25, 0.3) is 55.6 Å². The second-order valence-electron chi connectivity index (χ2n) is 42.0. The van der Waals surface area contributed by atoms with Gasteiger partial charge in [-0.2, -0.15) is 0 Å². The molecule has 0 saturated heterocycles. The zero-order chi connectivity index (χ0) is 88.8. The summed E-state index contributed by atoms with van der Waals surface area (Å²) in [7, 11) is 1.44. The molecule has 0 radical (unpaired) electrons. The van der Waals surface area contributed by atoms with E-state index >= 15 is 0 Å². The highest BCUT2D eigenvalue weighted by Crippen LogP contribution is 2.57. The molecule has 0 aliphatic heterocycles. The molecule has 11 heteroatoms. The van der Waals surface area contributed by atoms with Gasteiger partial charge < -0.3 is 48.8 Å². The van der Waals surface area contributed by atoms with E-state index in [0.717, 1.165) is 75.8 Å². The normalized spacial score (nSPS) is 21.9. The summed E-state index contributed by atoms with van der Waals surface area (Å²) in [5.41, 5.74) is 25.3. The first-order valence-corrected chi connectivity index (χ1v) is 48.3. The third-order valence-corrected chi connectivity index (χ3v) is 29.7. The zero-order valence-corrected chi connectivity index (χ0v) is 77.6. The van der Waals surface area contributed by atoms with Crippen LogP contribution in [0.2, 0.25) is 0 Å². The first kappa shape index (κ1) is 90.8. The number of ether oxygens (including phenoxy) is 6. The van der Waals surface area contributed by atoms with Gasteiger partial charge in [-0.15, -0.1) is 0 Å². The molecule has 127 heavy (non-hydrogen) atoms. The average Bonchev–Trinajstić information content (AvgIpc) is 1.76. The van der Waals surface area contributed by atoms with Crippen LogP contribution in [0.1, 0.15) is 320 Å². The van der Waals surface area contributed by atoms with Crippen molar-refractivity contribution in [3.05, 3.63) is 268 Å². The molecule has 5 atom stereocenters. The lowest BCUT2D eigenvalue weighted by Gasteiger charge is -2.29. The van der Waals surface area contributed by atoms with Crippen molar-refractivity contribution < 1.29 is 53.6 Å². The van der Waals surface area contributed by atoms with Crippen LogP contribution in [0.15, 0.2) is 212 Å². The number of hydrogen-bond acceptors (Lipinski definition) is 11. The molecule has 0 bridgehead atoms. The van der Waals surface area contributed by atoms with Crippen LogP contribution in [0.5, 0.6) is 28.7 Å². The van der Waals surface area contributed by atoms with Crippen LogP contribution in [0.4, 0.5) is 0 Å². The van der Waals surface area contributed by atoms with Gasteiger partial charge in [-0.3, -0.25) is 0 Å². The lowest BCUT2D eigenvalue weighted by Crippen LogP contribution is -2.17. The minimum atomic E-state index is -0.274. The molecule has 670 valence electrons. The van der Waals surface area contributed by atoms with Gasteiger partial charge in [0.05, 0.1) is 69.6 Å². The van der Waals surface area contributed by atoms with Gasteiger partial charge in [0.15, 0.2) is 0 Å². The van der Waals surface area contributed by atoms with E-state index in [0.29, 0.717) is 87.3 Å². The Morgan fingerprint density at radius 1 is 0.268 bits per heavy atom. The lowest BCUT2D eigenvalue weighted by atomic mass is 9.75. The summed E-state index contributed by atoms with van der Waals surface area (Å²) in [4.78, 5) is 12.1. The van der Waals surface area contributed by atoms with E-state index in [1.807, 2.05) is 18.2 Å². The van der Waals surface area contributed by atoms with Gasteiger partial charge in [0.1, 0.15) is 28.7 Å². The molecule has 10 aliphatic carbocycles. The Hall–Kier alpha value is -9.49. The van der Waals surface area contributed by atoms with Crippen LogP contribution < -0.4 is 23.7 Å². The summed E-state index contributed by atoms with van der Waals surface area (Å²) < 4.78 is 35.0. The summed E-state index contributed by atoms with van der Waals surface area (Å²) in [6.45, 7) is 24.1. The van der Waals surface area contributed by atoms with E-state index in [9.17, 15) is 25.2 Å². The van der Waals surface area contributed by atoms with Crippen molar-refractivity contribution in [3.8, 4) is 84.4 Å². The predicted octanol–water partition coefficient (Wildman–Crippen LogP) is 28.7. The molecule has 0 spiro atoms. The highest BCUT2D eigenvalue weighted by atomic mass is 16.5. The van der Waals surface area contributed by atoms with Crippen molar-refractivity contribution >= 4 is 5.97 Å². The molecular formula is C116H140O11. The molecule has 10 aromatic rings. The highest BCUT2D eigenvalue weighted by molar-refractivity contribution is 5.91. The number of aliphatic hydroxyl groups is 4. The second kappa shape index (κ2) is 39.4. The molecule has 4 N–H and O–H groups in total. The Bertz CT molecular complexity index is 4910. The van der Waals surface area contributed by atoms with Crippen molar-refractivity contribution in [2.75, 3.05) is 7.11 Å². The van der Waals surface area contributed by atoms with E-state index in [1.165, 1.54) is 226 Å². The molecule has 0 amide bonds. The van der Waals surface area contributed by atoms with Crippen LogP contribution >= 0.6 is 0 Å². The largest absolute Gasteiger partial charge is 0.490 e. The Morgan fingerprint density at radius 2 is 0.472 bits per heavy atom. The Balaban J connectivity index is 0.000000117. The number of rotatable bonds is 25. The van der Waals surface area contributed by atoms with Gasteiger partial charge in [-0.25, -0.2) is 4.79 Å². The topological polar surface area (TPSA) is 153 Å². The summed E-state index contributed by atoms with van der Waals surface area (Å²) in [6.07, 6.45) is 32.5. The smallest absolute Gasteiger partial charge is 0.337 e. The number of benzene rings is 10. The SMILES string of the molecule is CC1(C)CCCC1c1cc(CO)ccc1-c1cccc(OC2CC2)c1.CC1(C)CCCC1c1cc(CO)ccc1-c1cccc(OC2CC2)c1.CC1(C)CCC[C@@H]1c1cc(CO)ccc1-c1cccc(OC2CC2)c1.CC1(C)CCC[C@H]1c1cc(CO)ccc1-c1cccc(OC2CC2)c1.COC(=O)c1ccc(-c2cccc(OC3CC3)c2)c(C2CCCC2(C)C)c1. The molecule has 3 unspecified atom stereocenters. The van der Waals surface area contributed by atoms with Gasteiger partial charge in [0, 0.05) is 0 Å². The predicted molar refractivity (Wildman–Crippen MR) is 515 cm³/mol. The van der Waals surface area contributed by atoms with E-state index < -0.39 is 0 Å². The van der Waals surface area contributed by atoms with E-state index in [4.69, 9.17) is 28.4 Å². The lowest BCUT2D eigenvalue weighted by molar-refractivity contribution is 0.0600. The average molecular weight is 1710 g/mol. The van der Waals surface area contributed by atoms with Crippen LogP contribution in [0.3, 0.4) is 0 Å². The van der Waals surface area contributed by atoms with Gasteiger partial charge in [0.25, 0.3) is 0 Å². The van der Waals surface area contributed by atoms with Crippen molar-refractivity contribution in [2.45, 2.75) is 316 Å². The number of aliphatic hydroxyl groups excluding tert-OH is 4. The van der Waals surface area contributed by atoms with E-state index in [1.54, 1.807) is 0 Å². The maximum absolute atomic E-state index is 12.1. The molecule has 0 heterocycles. The van der Waals surface area contributed by atoms with E-state index in [-0.39, 0.29) is 37.8 Å². The minimum Gasteiger partial charge on any atom is -0.490 e. The maximum atomic E-state index is 12.1. The van der Waals surface area contributed by atoms with Gasteiger partial charge in [0.2, 0.25) is 0 Å². The highest BCUT2D eigenvalue weighted by Gasteiger charge is 2.43. The molecular weight excluding hydrogens is 1570 g/mol. The number of hydrogen-bond donors (Lipinski definition) is 4. The Labute approximate surface area is 757 Å². The summed E-state index contributed by atoms with van der Waals surface area (Å²) in [5.74, 6) is 7.17. The van der Waals surface area contributed by atoms with Crippen molar-refractivity contribution in [1.29, 1.82) is 0 Å². The van der Waals surface area contributed by atoms with Crippen molar-refractivity contribution in [1.82, 2.24) is 0 Å². The molecule has 11 nitrogen and oxygen atoms in total. The fourth-order valence-corrected chi connectivity index (χ4v) is 21.5. The summed E-state index contributed by atoms with van der Waals surface area (Å²) >= 11 is 0. The van der Waals surface area contributed by atoms with Crippen LogP contribution in [-0.2, 0) is 31.2 Å². The Kier molecular flexibility index (Phi) is 28.2. The number of methoxy groups -OCH3 is 1. The van der Waals surface area contributed by atoms with Crippen molar-refractivity contribution in [2.24, 2.45) is 27.1 Å². The third-order valence-electron chi connectivity index (χ3n) is 29.7. The first-order chi connectivity index (χ1) is 61.2. The second-order valence-corrected chi connectivity index (χ2v) is 42.0. The standard InChI is InChI=1S/C24H28O3.4C23H28O2/c1-24(2)13-5-8-22(24)21-15-17(23(25)26-3)9-12-20(21)16-6-4-7-19(14-16)27-18-10-11-18;4*1-23(2)12-4-7-22(23)21-13-16(15-24)8-11-20(21)17-5-3-6-19(14-17)25-18-9-10-18/h4,6-7,9,12,14-15,18,22H,5,8,10-11,13H2,1-3H3;4*3,5-6,8,11,13-14,18,22,24H,4,7,9-10,12,15H2,1-2H3/t;2*22-;;/m.10../s1. The Morgan fingerprint density at radius 3 is 0.654 bits per heavy atom. The summed E-state index contributed by atoms with van der Waals surface area (Å²) in [5, 5.41) is 38.5. The van der Waals surface area contributed by atoms with Gasteiger partial charge in [-0.1, -0.05) is 241 Å². The van der Waals surface area contributed by atoms with Gasteiger partial charge >= 0.3 is 5.97 Å². The fourth-order valence-electron chi connectivity index (χ4n) is 21.5. The molecule has 10 fully saturated rings. The molecule has 10 aliphatic rings. The molecule has 10 saturated carbocycles. The minimum absolute atomic E-state index is 0.102. The molecule has 20 rings (SSSR count). The first-order valence-electron chi connectivity index (χ1n) is 48.3. The van der Waals surface area contributed by atoms with Crippen LogP contribution in [0, 0.1) is 27.1 Å². The van der Waals surface area contributed by atoms with Crippen LogP contribution in [-0.4, -0.2) is 64.0 Å². The summed E-state index contributed by atoms with van der Waals surface area (Å²) in [6, 6.07) is 74.2. The van der Waals surface area contributed by atoms with E-state index in [2.05, 4.69) is 263 Å². The fraction of sp³-hybridized carbons (Fsp3) is 0.474. The zero-order valence-electron chi connectivity index (χ0n) is 77.6. The maximum Gasteiger partial charge on any atom is 0.337 e. The van der Waals surface area contributed by atoms with Gasteiger partial charge in [-0.05, 0) is 364 Å². The number of carbonyl (C=O) groups is 1. The number of esters is 1.